The van der Waals surface area contributed by atoms with Gasteiger partial charge in [0, 0.05) is 6.54 Å². The molecule has 1 aromatic heterocycles. The number of hydrogen-bond donors (Lipinski definition) is 1. The van der Waals surface area contributed by atoms with Crippen LogP contribution in [-0.4, -0.2) is 12.6 Å². The molecule has 1 fully saturated rings. The summed E-state index contributed by atoms with van der Waals surface area (Å²) in [5.74, 6) is 1.62. The Morgan fingerprint density at radius 3 is 3.06 bits per heavy atom. The van der Waals surface area contributed by atoms with E-state index in [9.17, 15) is 0 Å². The van der Waals surface area contributed by atoms with E-state index >= 15 is 0 Å². The van der Waals surface area contributed by atoms with Gasteiger partial charge in [-0.1, -0.05) is 19.8 Å². The van der Waals surface area contributed by atoms with Gasteiger partial charge in [0.25, 0.3) is 0 Å². The van der Waals surface area contributed by atoms with Gasteiger partial charge in [0.1, 0.15) is 11.9 Å². The molecule has 0 aliphatic heterocycles. The van der Waals surface area contributed by atoms with Crippen molar-refractivity contribution in [2.75, 3.05) is 6.54 Å². The van der Waals surface area contributed by atoms with Crippen molar-refractivity contribution in [1.29, 1.82) is 0 Å². The molecule has 0 saturated heterocycles. The molecule has 1 aliphatic rings. The summed E-state index contributed by atoms with van der Waals surface area (Å²) in [6, 6.07) is 3.81. The first-order valence-electron chi connectivity index (χ1n) is 6.18. The zero-order chi connectivity index (χ0) is 11.4. The van der Waals surface area contributed by atoms with Crippen LogP contribution < -0.4 is 5.73 Å². The second-order valence-corrected chi connectivity index (χ2v) is 4.77. The number of rotatable bonds is 4. The van der Waals surface area contributed by atoms with E-state index in [0.717, 1.165) is 24.5 Å². The molecular weight excluding hydrogens is 202 g/mol. The zero-order valence-corrected chi connectivity index (χ0v) is 9.89. The zero-order valence-electron chi connectivity index (χ0n) is 9.89. The van der Waals surface area contributed by atoms with Gasteiger partial charge in [-0.05, 0) is 30.9 Å². The van der Waals surface area contributed by atoms with Crippen LogP contribution >= 0.6 is 0 Å². The Morgan fingerprint density at radius 1 is 1.56 bits per heavy atom. The van der Waals surface area contributed by atoms with Crippen LogP contribution in [0.1, 0.15) is 44.5 Å². The first-order valence-corrected chi connectivity index (χ1v) is 6.18. The quantitative estimate of drug-likeness (QED) is 0.853. The molecule has 16 heavy (non-hydrogen) atoms. The molecule has 90 valence electrons. The molecule has 0 bridgehead atoms. The summed E-state index contributed by atoms with van der Waals surface area (Å²) in [6.45, 7) is 2.78. The Labute approximate surface area is 97.0 Å². The van der Waals surface area contributed by atoms with Crippen molar-refractivity contribution in [3.8, 4) is 0 Å². The lowest BCUT2D eigenvalue weighted by atomic mass is 9.88. The Kier molecular flexibility index (Phi) is 4.02. The minimum Gasteiger partial charge on any atom is -0.467 e. The van der Waals surface area contributed by atoms with Crippen LogP contribution in [0.25, 0.3) is 0 Å². The van der Waals surface area contributed by atoms with Crippen molar-refractivity contribution < 1.29 is 9.15 Å². The molecular formula is C13H21NO2. The van der Waals surface area contributed by atoms with Crippen molar-refractivity contribution in [2.24, 2.45) is 11.7 Å². The fourth-order valence-electron chi connectivity index (χ4n) is 2.45. The predicted molar refractivity (Wildman–Crippen MR) is 63.0 cm³/mol. The Balaban J connectivity index is 1.91. The first kappa shape index (κ1) is 11.7. The Morgan fingerprint density at radius 2 is 2.44 bits per heavy atom. The molecule has 1 heterocycles. The van der Waals surface area contributed by atoms with Crippen LogP contribution in [0, 0.1) is 5.92 Å². The Bertz CT molecular complexity index is 297. The van der Waals surface area contributed by atoms with Crippen molar-refractivity contribution in [1.82, 2.24) is 0 Å². The van der Waals surface area contributed by atoms with E-state index in [-0.39, 0.29) is 6.10 Å². The van der Waals surface area contributed by atoms with Gasteiger partial charge in [0.2, 0.25) is 0 Å². The van der Waals surface area contributed by atoms with Crippen LogP contribution in [0.2, 0.25) is 0 Å². The lowest BCUT2D eigenvalue weighted by molar-refractivity contribution is -0.0446. The highest BCUT2D eigenvalue weighted by Crippen LogP contribution is 2.29. The molecule has 0 spiro atoms. The Hall–Kier alpha value is -0.800. The minimum atomic E-state index is -0.0784. The maximum atomic E-state index is 6.04. The van der Waals surface area contributed by atoms with Gasteiger partial charge in [0.15, 0.2) is 0 Å². The van der Waals surface area contributed by atoms with Crippen molar-refractivity contribution in [3.63, 3.8) is 0 Å². The normalized spacial score (nSPS) is 27.9. The molecule has 3 heteroatoms. The van der Waals surface area contributed by atoms with E-state index < -0.39 is 0 Å². The molecule has 1 aliphatic carbocycles. The van der Waals surface area contributed by atoms with Crippen LogP contribution in [-0.2, 0) is 4.74 Å². The molecule has 3 nitrogen and oxygen atoms in total. The second kappa shape index (κ2) is 5.51. The van der Waals surface area contributed by atoms with Crippen LogP contribution in [0.4, 0.5) is 0 Å². The molecule has 0 radical (unpaired) electrons. The van der Waals surface area contributed by atoms with Gasteiger partial charge in [-0.2, -0.15) is 0 Å². The van der Waals surface area contributed by atoms with E-state index in [1.165, 1.54) is 12.8 Å². The SMILES string of the molecule is CC1CCCC(OC(CN)c2ccco2)C1. The van der Waals surface area contributed by atoms with E-state index in [1.54, 1.807) is 6.26 Å². The number of furan rings is 1. The van der Waals surface area contributed by atoms with Gasteiger partial charge < -0.3 is 14.9 Å². The highest BCUT2D eigenvalue weighted by atomic mass is 16.5. The summed E-state index contributed by atoms with van der Waals surface area (Å²) in [5, 5.41) is 0. The van der Waals surface area contributed by atoms with Gasteiger partial charge in [-0.15, -0.1) is 0 Å². The minimum absolute atomic E-state index is 0.0784. The summed E-state index contributed by atoms with van der Waals surface area (Å²) in [5.41, 5.74) is 5.73. The molecule has 1 saturated carbocycles. The molecule has 3 unspecified atom stereocenters. The predicted octanol–water partition coefficient (Wildman–Crippen LogP) is 2.87. The van der Waals surface area contributed by atoms with Crippen LogP contribution in [0.3, 0.4) is 0 Å². The third kappa shape index (κ3) is 2.86. The van der Waals surface area contributed by atoms with Crippen LogP contribution in [0.15, 0.2) is 22.8 Å². The number of nitrogens with two attached hydrogens (primary N) is 1. The smallest absolute Gasteiger partial charge is 0.133 e. The van der Waals surface area contributed by atoms with Gasteiger partial charge in [-0.3, -0.25) is 0 Å². The van der Waals surface area contributed by atoms with E-state index in [2.05, 4.69) is 6.92 Å². The fraction of sp³-hybridized carbons (Fsp3) is 0.692. The lowest BCUT2D eigenvalue weighted by Crippen LogP contribution is -2.26. The summed E-state index contributed by atoms with van der Waals surface area (Å²) < 4.78 is 11.4. The largest absolute Gasteiger partial charge is 0.467 e. The topological polar surface area (TPSA) is 48.4 Å². The molecule has 1 aromatic rings. The molecule has 0 amide bonds. The van der Waals surface area contributed by atoms with Crippen molar-refractivity contribution in [2.45, 2.75) is 44.8 Å². The average molecular weight is 223 g/mol. The number of hydrogen-bond acceptors (Lipinski definition) is 3. The van der Waals surface area contributed by atoms with Gasteiger partial charge in [-0.25, -0.2) is 0 Å². The van der Waals surface area contributed by atoms with E-state index in [0.29, 0.717) is 12.6 Å². The summed E-state index contributed by atoms with van der Waals surface area (Å²) >= 11 is 0. The van der Waals surface area contributed by atoms with Gasteiger partial charge in [0.05, 0.1) is 12.4 Å². The van der Waals surface area contributed by atoms with Crippen molar-refractivity contribution in [3.05, 3.63) is 24.2 Å². The standard InChI is InChI=1S/C13H21NO2/c1-10-4-2-5-11(8-10)16-13(9-14)12-6-3-7-15-12/h3,6-7,10-11,13H,2,4-5,8-9,14H2,1H3. The highest BCUT2D eigenvalue weighted by Gasteiger charge is 2.24. The maximum Gasteiger partial charge on any atom is 0.133 e. The third-order valence-corrected chi connectivity index (χ3v) is 3.32. The monoisotopic (exact) mass is 223 g/mol. The number of ether oxygens (including phenoxy) is 1. The third-order valence-electron chi connectivity index (χ3n) is 3.32. The van der Waals surface area contributed by atoms with E-state index in [4.69, 9.17) is 14.9 Å². The molecule has 0 aromatic carbocycles. The lowest BCUT2D eigenvalue weighted by Gasteiger charge is -2.29. The van der Waals surface area contributed by atoms with Gasteiger partial charge >= 0.3 is 0 Å². The molecule has 2 rings (SSSR count). The first-order chi connectivity index (χ1) is 7.79. The highest BCUT2D eigenvalue weighted by molar-refractivity contribution is 5.02. The maximum absolute atomic E-state index is 6.04. The summed E-state index contributed by atoms with van der Waals surface area (Å²) in [6.07, 6.45) is 6.84. The van der Waals surface area contributed by atoms with Crippen molar-refractivity contribution >= 4 is 0 Å². The average Bonchev–Trinajstić information content (AvgIpc) is 2.79. The van der Waals surface area contributed by atoms with E-state index in [1.807, 2.05) is 12.1 Å². The second-order valence-electron chi connectivity index (χ2n) is 4.77. The molecule has 2 N–H and O–H groups in total. The fourth-order valence-corrected chi connectivity index (χ4v) is 2.45. The van der Waals surface area contributed by atoms with Crippen LogP contribution in [0.5, 0.6) is 0 Å². The molecule has 3 atom stereocenters. The summed E-state index contributed by atoms with van der Waals surface area (Å²) in [4.78, 5) is 0. The summed E-state index contributed by atoms with van der Waals surface area (Å²) in [7, 11) is 0.